The number of hydrogen-bond donors (Lipinski definition) is 0. The highest BCUT2D eigenvalue weighted by Gasteiger charge is 2.32. The monoisotopic (exact) mass is 337 g/mol. The molecule has 4 nitrogen and oxygen atoms in total. The summed E-state index contributed by atoms with van der Waals surface area (Å²) in [6.07, 6.45) is 2.01. The Bertz CT molecular complexity index is 815. The molecule has 2 aliphatic heterocycles. The van der Waals surface area contributed by atoms with Crippen LogP contribution in [-0.2, 0) is 0 Å². The molecule has 1 fully saturated rings. The zero-order chi connectivity index (χ0) is 17.4. The molecule has 130 valence electrons. The van der Waals surface area contributed by atoms with Gasteiger partial charge in [-0.3, -0.25) is 4.79 Å². The highest BCUT2D eigenvalue weighted by atomic mass is 16.6. The van der Waals surface area contributed by atoms with Crippen LogP contribution in [0.4, 0.5) is 0 Å². The van der Waals surface area contributed by atoms with Gasteiger partial charge in [0.1, 0.15) is 13.2 Å². The molecule has 4 heteroatoms. The first-order chi connectivity index (χ1) is 12.1. The minimum atomic E-state index is 0.101. The number of rotatable bonds is 2. The van der Waals surface area contributed by atoms with Crippen LogP contribution in [0.25, 0.3) is 0 Å². The van der Waals surface area contributed by atoms with E-state index in [9.17, 15) is 4.79 Å². The fourth-order valence-corrected chi connectivity index (χ4v) is 3.83. The molecule has 0 saturated carbocycles. The Balaban J connectivity index is 1.63. The standard InChI is InChI=1S/C21H23NO3/c1-14-5-7-17(15(2)12-14)21(23)22-9-3-4-18(22)16-6-8-19-20(13-16)25-11-10-24-19/h5-8,12-13,18H,3-4,9-11H2,1-2H3. The molecule has 2 heterocycles. The number of fused-ring (bicyclic) bond motifs is 1. The van der Waals surface area contributed by atoms with Crippen molar-refractivity contribution in [2.75, 3.05) is 19.8 Å². The summed E-state index contributed by atoms with van der Waals surface area (Å²) < 4.78 is 11.3. The third-order valence-electron chi connectivity index (χ3n) is 5.08. The minimum Gasteiger partial charge on any atom is -0.486 e. The molecule has 0 bridgehead atoms. The van der Waals surface area contributed by atoms with Gasteiger partial charge in [-0.15, -0.1) is 0 Å². The maximum Gasteiger partial charge on any atom is 0.254 e. The van der Waals surface area contributed by atoms with Crippen molar-refractivity contribution >= 4 is 5.91 Å². The minimum absolute atomic E-state index is 0.101. The van der Waals surface area contributed by atoms with Gasteiger partial charge in [-0.1, -0.05) is 23.8 Å². The van der Waals surface area contributed by atoms with Gasteiger partial charge in [-0.25, -0.2) is 0 Å². The highest BCUT2D eigenvalue weighted by Crippen LogP contribution is 2.38. The molecule has 4 rings (SSSR count). The van der Waals surface area contributed by atoms with Gasteiger partial charge in [0, 0.05) is 12.1 Å². The first kappa shape index (κ1) is 16.0. The predicted octanol–water partition coefficient (Wildman–Crippen LogP) is 4.05. The second-order valence-electron chi connectivity index (χ2n) is 6.88. The summed E-state index contributed by atoms with van der Waals surface area (Å²) in [6.45, 7) is 6.02. The van der Waals surface area contributed by atoms with Gasteiger partial charge in [-0.05, 0) is 56.0 Å². The van der Waals surface area contributed by atoms with E-state index in [-0.39, 0.29) is 11.9 Å². The molecule has 0 radical (unpaired) electrons. The number of likely N-dealkylation sites (tertiary alicyclic amines) is 1. The lowest BCUT2D eigenvalue weighted by atomic mass is 10.0. The third-order valence-corrected chi connectivity index (χ3v) is 5.08. The largest absolute Gasteiger partial charge is 0.486 e. The van der Waals surface area contributed by atoms with Gasteiger partial charge < -0.3 is 14.4 Å². The Morgan fingerprint density at radius 3 is 2.64 bits per heavy atom. The Labute approximate surface area is 148 Å². The summed E-state index contributed by atoms with van der Waals surface area (Å²) >= 11 is 0. The van der Waals surface area contributed by atoms with E-state index in [1.165, 1.54) is 5.56 Å². The molecule has 1 atom stereocenters. The summed E-state index contributed by atoms with van der Waals surface area (Å²) in [5.41, 5.74) is 4.14. The van der Waals surface area contributed by atoms with Crippen molar-refractivity contribution in [2.24, 2.45) is 0 Å². The predicted molar refractivity (Wildman–Crippen MR) is 96.4 cm³/mol. The summed E-state index contributed by atoms with van der Waals surface area (Å²) in [5, 5.41) is 0. The van der Waals surface area contributed by atoms with E-state index in [1.807, 2.05) is 36.1 Å². The number of nitrogens with zero attached hydrogens (tertiary/aromatic N) is 1. The number of carbonyl (C=O) groups is 1. The molecule has 0 N–H and O–H groups in total. The molecule has 0 aliphatic carbocycles. The second-order valence-corrected chi connectivity index (χ2v) is 6.88. The summed E-state index contributed by atoms with van der Waals surface area (Å²) in [7, 11) is 0. The van der Waals surface area contributed by atoms with Crippen LogP contribution in [0.5, 0.6) is 11.5 Å². The Kier molecular flexibility index (Phi) is 4.12. The van der Waals surface area contributed by atoms with Gasteiger partial charge in [-0.2, -0.15) is 0 Å². The molecule has 2 aliphatic rings. The fraction of sp³-hybridized carbons (Fsp3) is 0.381. The van der Waals surface area contributed by atoms with Crippen molar-refractivity contribution in [1.29, 1.82) is 0 Å². The van der Waals surface area contributed by atoms with Crippen LogP contribution in [0.1, 0.15) is 45.9 Å². The lowest BCUT2D eigenvalue weighted by Gasteiger charge is -2.27. The van der Waals surface area contributed by atoms with Gasteiger partial charge in [0.05, 0.1) is 6.04 Å². The number of aryl methyl sites for hydroxylation is 2. The zero-order valence-electron chi connectivity index (χ0n) is 14.7. The van der Waals surface area contributed by atoms with Gasteiger partial charge in [0.25, 0.3) is 5.91 Å². The highest BCUT2D eigenvalue weighted by molar-refractivity contribution is 5.96. The molecule has 1 amide bonds. The van der Waals surface area contributed by atoms with Crippen molar-refractivity contribution in [1.82, 2.24) is 4.90 Å². The second kappa shape index (κ2) is 6.43. The fourth-order valence-electron chi connectivity index (χ4n) is 3.83. The molecule has 0 spiro atoms. The van der Waals surface area contributed by atoms with Crippen LogP contribution in [0.2, 0.25) is 0 Å². The van der Waals surface area contributed by atoms with Crippen LogP contribution in [0, 0.1) is 13.8 Å². The van der Waals surface area contributed by atoms with Crippen molar-refractivity contribution in [2.45, 2.75) is 32.7 Å². The average Bonchev–Trinajstić information content (AvgIpc) is 3.10. The van der Waals surface area contributed by atoms with Crippen molar-refractivity contribution < 1.29 is 14.3 Å². The maximum absolute atomic E-state index is 13.1. The topological polar surface area (TPSA) is 38.8 Å². The lowest BCUT2D eigenvalue weighted by Crippen LogP contribution is -2.31. The average molecular weight is 337 g/mol. The van der Waals surface area contributed by atoms with E-state index < -0.39 is 0 Å². The van der Waals surface area contributed by atoms with Crippen LogP contribution in [-0.4, -0.2) is 30.6 Å². The van der Waals surface area contributed by atoms with Crippen molar-refractivity contribution in [3.8, 4) is 11.5 Å². The maximum atomic E-state index is 13.1. The number of amides is 1. The van der Waals surface area contributed by atoms with E-state index in [4.69, 9.17) is 9.47 Å². The molecule has 0 aromatic heterocycles. The number of benzene rings is 2. The SMILES string of the molecule is Cc1ccc(C(=O)N2CCCC2c2ccc3c(c2)OCCO3)c(C)c1. The number of hydrogen-bond acceptors (Lipinski definition) is 3. The molecule has 1 saturated heterocycles. The van der Waals surface area contributed by atoms with Crippen molar-refractivity contribution in [3.63, 3.8) is 0 Å². The summed E-state index contributed by atoms with van der Waals surface area (Å²) in [6, 6.07) is 12.2. The molecular formula is C21H23NO3. The first-order valence-corrected chi connectivity index (χ1v) is 8.91. The zero-order valence-corrected chi connectivity index (χ0v) is 14.7. The smallest absolute Gasteiger partial charge is 0.254 e. The van der Waals surface area contributed by atoms with Crippen LogP contribution >= 0.6 is 0 Å². The van der Waals surface area contributed by atoms with Gasteiger partial charge in [0.15, 0.2) is 11.5 Å². The van der Waals surface area contributed by atoms with E-state index in [2.05, 4.69) is 19.1 Å². The number of ether oxygens (including phenoxy) is 2. The van der Waals surface area contributed by atoms with E-state index in [1.54, 1.807) is 0 Å². The lowest BCUT2D eigenvalue weighted by molar-refractivity contribution is 0.0734. The molecular weight excluding hydrogens is 314 g/mol. The van der Waals surface area contributed by atoms with Crippen LogP contribution in [0.3, 0.4) is 0 Å². The number of carbonyl (C=O) groups excluding carboxylic acids is 1. The third kappa shape index (κ3) is 2.97. The first-order valence-electron chi connectivity index (χ1n) is 8.91. The quantitative estimate of drug-likeness (QED) is 0.830. The Morgan fingerprint density at radius 2 is 1.84 bits per heavy atom. The van der Waals surface area contributed by atoms with Crippen LogP contribution in [0.15, 0.2) is 36.4 Å². The van der Waals surface area contributed by atoms with E-state index in [0.29, 0.717) is 13.2 Å². The normalized spacial score (nSPS) is 19.1. The summed E-state index contributed by atoms with van der Waals surface area (Å²) in [4.78, 5) is 15.1. The summed E-state index contributed by atoms with van der Waals surface area (Å²) in [5.74, 6) is 1.70. The molecule has 2 aromatic rings. The van der Waals surface area contributed by atoms with E-state index in [0.717, 1.165) is 47.6 Å². The molecule has 25 heavy (non-hydrogen) atoms. The van der Waals surface area contributed by atoms with Crippen molar-refractivity contribution in [3.05, 3.63) is 58.7 Å². The van der Waals surface area contributed by atoms with Gasteiger partial charge >= 0.3 is 0 Å². The van der Waals surface area contributed by atoms with E-state index >= 15 is 0 Å². The van der Waals surface area contributed by atoms with Crippen LogP contribution < -0.4 is 9.47 Å². The Hall–Kier alpha value is -2.49. The molecule has 1 unspecified atom stereocenters. The molecule has 2 aromatic carbocycles. The Morgan fingerprint density at radius 1 is 1.04 bits per heavy atom. The van der Waals surface area contributed by atoms with Gasteiger partial charge in [0.2, 0.25) is 0 Å².